The van der Waals surface area contributed by atoms with Gasteiger partial charge < -0.3 is 20.8 Å². The first-order valence-corrected chi connectivity index (χ1v) is 17.7. The van der Waals surface area contributed by atoms with Crippen molar-refractivity contribution in [3.05, 3.63) is 103 Å². The number of thiophene rings is 1. The summed E-state index contributed by atoms with van der Waals surface area (Å²) in [5.41, 5.74) is 1.45. The van der Waals surface area contributed by atoms with Crippen LogP contribution in [0.5, 0.6) is 0 Å². The lowest BCUT2D eigenvalue weighted by Crippen LogP contribution is -2.52. The minimum atomic E-state index is -0.834. The van der Waals surface area contributed by atoms with Crippen LogP contribution in [0, 0.1) is 20.8 Å². The molecule has 2 aromatic carbocycles. The molecular formula is C38H46N4O4S-2. The Morgan fingerprint density at radius 2 is 0.872 bits per heavy atom. The topological polar surface area (TPSA) is 105 Å². The highest BCUT2D eigenvalue weighted by atomic mass is 32.1. The summed E-state index contributed by atoms with van der Waals surface area (Å²) in [6.07, 6.45) is 6.72. The second-order valence-corrected chi connectivity index (χ2v) is 17.5. The fourth-order valence-electron chi connectivity index (χ4n) is 8.28. The van der Waals surface area contributed by atoms with Gasteiger partial charge >= 0.3 is 0 Å². The molecule has 0 spiro atoms. The smallest absolute Gasteiger partial charge is 0.289 e. The van der Waals surface area contributed by atoms with E-state index in [1.54, 1.807) is 0 Å². The van der Waals surface area contributed by atoms with E-state index in [-0.39, 0.29) is 22.5 Å². The van der Waals surface area contributed by atoms with Crippen LogP contribution in [-0.2, 0) is 10.8 Å². The van der Waals surface area contributed by atoms with Gasteiger partial charge in [0.2, 0.25) is 0 Å². The minimum Gasteiger partial charge on any atom is -0.715 e. The number of nitrogens with zero attached hydrogens (tertiary/aromatic N) is 4. The van der Waals surface area contributed by atoms with Crippen LogP contribution in [0.2, 0.25) is 0 Å². The van der Waals surface area contributed by atoms with E-state index in [2.05, 4.69) is 36.4 Å². The van der Waals surface area contributed by atoms with Gasteiger partial charge in [-0.25, -0.2) is 0 Å². The zero-order valence-corrected chi connectivity index (χ0v) is 29.7. The van der Waals surface area contributed by atoms with Gasteiger partial charge in [-0.1, -0.05) is 36.4 Å². The summed E-state index contributed by atoms with van der Waals surface area (Å²) < 4.78 is 1.77. The van der Waals surface area contributed by atoms with E-state index in [4.69, 9.17) is 0 Å². The highest BCUT2D eigenvalue weighted by Crippen LogP contribution is 2.58. The Morgan fingerprint density at radius 3 is 1.26 bits per heavy atom. The van der Waals surface area contributed by atoms with Crippen LogP contribution < -0.4 is 0 Å². The summed E-state index contributed by atoms with van der Waals surface area (Å²) in [7, 11) is 0. The van der Waals surface area contributed by atoms with Crippen LogP contribution >= 0.6 is 11.3 Å². The third kappa shape index (κ3) is 4.25. The molecule has 2 aliphatic heterocycles. The molecule has 3 saturated carbocycles. The quantitative estimate of drug-likeness (QED) is 0.203. The maximum Gasteiger partial charge on any atom is 0.289 e. The first kappa shape index (κ1) is 32.2. The fraction of sp³-hybridized carbons (Fsp3) is 0.526. The first-order valence-electron chi connectivity index (χ1n) is 16.9. The summed E-state index contributed by atoms with van der Waals surface area (Å²) in [4.78, 5) is 1.74. The standard InChI is InChI=1S/C38H46N4O4S/c1-33(2)34(3,4)40(44)31(39(33)43)26-11-15-28(16-12-26)38-22-19-37(20-23-38,21-24-38)27-13-9-25(10-14-27)29-17-18-30(47-29)32-41(45)35(5,6)36(7,8)42(32)46/h9-18H,19-24H2,1-8H3/q-2. The Kier molecular flexibility index (Phi) is 6.88. The number of hydroxylamine groups is 6. The van der Waals surface area contributed by atoms with Crippen molar-refractivity contribution in [2.45, 2.75) is 127 Å². The molecule has 8 rings (SSSR count). The van der Waals surface area contributed by atoms with Crippen LogP contribution in [0.3, 0.4) is 0 Å². The van der Waals surface area contributed by atoms with Crippen molar-refractivity contribution in [2.75, 3.05) is 0 Å². The zero-order chi connectivity index (χ0) is 33.9. The summed E-state index contributed by atoms with van der Waals surface area (Å²) in [6, 6.07) is 21.1. The molecule has 0 amide bonds. The van der Waals surface area contributed by atoms with Gasteiger partial charge in [0.25, 0.3) is 11.7 Å². The molecule has 0 saturated heterocycles. The van der Waals surface area contributed by atoms with Gasteiger partial charge in [-0.05, 0) is 146 Å². The average Bonchev–Trinajstić information content (AvgIpc) is 3.62. The van der Waals surface area contributed by atoms with Gasteiger partial charge in [0.15, 0.2) is 0 Å². The molecule has 0 unspecified atom stereocenters. The highest BCUT2D eigenvalue weighted by Gasteiger charge is 2.56. The lowest BCUT2D eigenvalue weighted by molar-refractivity contribution is -0.539. The molecule has 0 N–H and O–H groups in total. The second-order valence-electron chi connectivity index (χ2n) is 16.4. The maximum absolute atomic E-state index is 13.2. The van der Waals surface area contributed by atoms with Gasteiger partial charge in [-0.3, -0.25) is 19.6 Å². The SMILES string of the molecule is CC1(C)N([O-])C(c2ccc(C34CCC(c5ccc(-c6ccc(C7=[N+]([O-])C(C)(C)C(C)(C)N7[O-])s6)cc5)(CC3)CC4)cc2)=[N+]([O-])C1(C)C. The van der Waals surface area contributed by atoms with Gasteiger partial charge in [0, 0.05) is 4.88 Å². The van der Waals surface area contributed by atoms with E-state index in [9.17, 15) is 20.8 Å². The Bertz CT molecular complexity index is 1770. The predicted octanol–water partition coefficient (Wildman–Crippen LogP) is 8.21. The van der Waals surface area contributed by atoms with Crippen molar-refractivity contribution >= 4 is 23.0 Å². The Balaban J connectivity index is 1.06. The Labute approximate surface area is 282 Å². The van der Waals surface area contributed by atoms with E-state index in [1.165, 1.54) is 22.5 Å². The molecule has 3 aromatic rings. The molecule has 2 bridgehead atoms. The van der Waals surface area contributed by atoms with Crippen LogP contribution in [0.1, 0.15) is 115 Å². The van der Waals surface area contributed by atoms with Crippen LogP contribution in [-0.4, -0.2) is 53.4 Å². The number of amidine groups is 2. The van der Waals surface area contributed by atoms with Gasteiger partial charge in [0.05, 0.1) is 5.56 Å². The van der Waals surface area contributed by atoms with Crippen molar-refractivity contribution in [3.63, 3.8) is 0 Å². The lowest BCUT2D eigenvalue weighted by atomic mass is 9.50. The van der Waals surface area contributed by atoms with Gasteiger partial charge in [-0.2, -0.15) is 0 Å². The van der Waals surface area contributed by atoms with Crippen molar-refractivity contribution in [1.29, 1.82) is 0 Å². The van der Waals surface area contributed by atoms with Crippen LogP contribution in [0.25, 0.3) is 10.4 Å². The normalized spacial score (nSPS) is 28.9. The molecule has 1 aromatic heterocycles. The molecule has 3 fully saturated rings. The largest absolute Gasteiger partial charge is 0.715 e. The highest BCUT2D eigenvalue weighted by molar-refractivity contribution is 7.17. The van der Waals surface area contributed by atoms with Crippen LogP contribution in [0.4, 0.5) is 0 Å². The van der Waals surface area contributed by atoms with Crippen molar-refractivity contribution in [2.24, 2.45) is 0 Å². The maximum atomic E-state index is 13.2. The van der Waals surface area contributed by atoms with E-state index < -0.39 is 22.2 Å². The lowest BCUT2D eigenvalue weighted by Gasteiger charge is -2.54. The molecule has 250 valence electrons. The second kappa shape index (κ2) is 10.1. The van der Waals surface area contributed by atoms with Gasteiger partial charge in [-0.15, -0.1) is 11.3 Å². The Morgan fingerprint density at radius 1 is 0.511 bits per heavy atom. The molecule has 8 nitrogen and oxygen atoms in total. The molecule has 3 aliphatic carbocycles. The van der Waals surface area contributed by atoms with Crippen LogP contribution in [0.15, 0.2) is 60.7 Å². The minimum absolute atomic E-state index is 0.132. The molecule has 5 aliphatic rings. The number of hydrogen-bond acceptors (Lipinski definition) is 7. The summed E-state index contributed by atoms with van der Waals surface area (Å²) in [5.74, 6) is 0.391. The fourth-order valence-corrected chi connectivity index (χ4v) is 9.30. The number of hydrogen-bond donors (Lipinski definition) is 0. The van der Waals surface area contributed by atoms with Crippen molar-refractivity contribution < 1.29 is 9.48 Å². The third-order valence-corrected chi connectivity index (χ3v) is 14.5. The summed E-state index contributed by atoms with van der Waals surface area (Å²) >= 11 is 1.49. The van der Waals surface area contributed by atoms with E-state index in [0.717, 1.165) is 68.6 Å². The average molecular weight is 655 g/mol. The van der Waals surface area contributed by atoms with Gasteiger partial charge in [0.1, 0.15) is 27.0 Å². The molecule has 3 heterocycles. The summed E-state index contributed by atoms with van der Waals surface area (Å²) in [5, 5.41) is 54.4. The number of rotatable bonds is 5. The summed E-state index contributed by atoms with van der Waals surface area (Å²) in [6.45, 7) is 14.6. The van der Waals surface area contributed by atoms with Crippen molar-refractivity contribution in [1.82, 2.24) is 10.1 Å². The molecule has 0 radical (unpaired) electrons. The molecule has 47 heavy (non-hydrogen) atoms. The monoisotopic (exact) mass is 654 g/mol. The molecule has 0 atom stereocenters. The Hall–Kier alpha value is -3.40. The molecule has 9 heteroatoms. The number of benzene rings is 2. The zero-order valence-electron chi connectivity index (χ0n) is 28.8. The first-order chi connectivity index (χ1) is 21.9. The predicted molar refractivity (Wildman–Crippen MR) is 189 cm³/mol. The van der Waals surface area contributed by atoms with E-state index in [1.807, 2.05) is 79.7 Å². The van der Waals surface area contributed by atoms with Crippen molar-refractivity contribution in [3.8, 4) is 10.4 Å². The third-order valence-electron chi connectivity index (χ3n) is 13.4. The van der Waals surface area contributed by atoms with E-state index in [0.29, 0.717) is 10.4 Å². The molecular weight excluding hydrogens is 609 g/mol. The van der Waals surface area contributed by atoms with E-state index >= 15 is 0 Å². The number of fused-ring (bicyclic) bond motifs is 3.